The van der Waals surface area contributed by atoms with Crippen LogP contribution in [-0.2, 0) is 14.3 Å². The number of nitrogens with one attached hydrogen (secondary N) is 3. The average molecular weight is 465 g/mol. The third-order valence-corrected chi connectivity index (χ3v) is 6.21. The van der Waals surface area contributed by atoms with E-state index in [1.807, 2.05) is 31.2 Å². The van der Waals surface area contributed by atoms with Crippen LogP contribution in [0.15, 0.2) is 33.8 Å². The van der Waals surface area contributed by atoms with Crippen molar-refractivity contribution in [1.82, 2.24) is 16.1 Å². The molecule has 0 aromatic heterocycles. The Kier molecular flexibility index (Phi) is 6.56. The van der Waals surface area contributed by atoms with Gasteiger partial charge >= 0.3 is 17.9 Å². The zero-order valence-electron chi connectivity index (χ0n) is 16.5. The Labute approximate surface area is 178 Å². The summed E-state index contributed by atoms with van der Waals surface area (Å²) in [5.41, 5.74) is 3.30. The van der Waals surface area contributed by atoms with Crippen LogP contribution in [-0.4, -0.2) is 42.3 Å². The number of nitrogens with zero attached hydrogens (tertiary/aromatic N) is 1. The van der Waals surface area contributed by atoms with Crippen molar-refractivity contribution >= 4 is 39.5 Å². The molecule has 9 heteroatoms. The molecule has 1 fully saturated rings. The largest absolute Gasteiger partial charge is 0.435 e. The minimum absolute atomic E-state index is 0.120. The highest BCUT2D eigenvalue weighted by Crippen LogP contribution is 2.41. The van der Waals surface area contributed by atoms with Crippen LogP contribution in [0.5, 0.6) is 0 Å². The topological polar surface area (TPSA) is 109 Å². The van der Waals surface area contributed by atoms with Crippen molar-refractivity contribution < 1.29 is 19.1 Å². The minimum Gasteiger partial charge on any atom is -0.435 e. The first kappa shape index (κ1) is 21.3. The van der Waals surface area contributed by atoms with Gasteiger partial charge in [-0.05, 0) is 51.0 Å². The standard InChI is InChI=1S/C20H25BrN4O4/c1-12(23-18(27)17(26)22-2)11-13-7-9-20(10-8-13)16(24-25-19(28)29-20)14-5-3-4-6-15(14)21/h3-6,12-13H,7-11H2,1-2H3,(H,22,26)(H,23,27)(H,25,28)/t12-,13?,20?/m0/s1. The molecule has 0 bridgehead atoms. The highest BCUT2D eigenvalue weighted by Gasteiger charge is 2.46. The SMILES string of the molecule is CNC(=O)C(=O)N[C@@H](C)CC1CCC2(CC1)OC(=O)NN=C2c1ccccc1Br. The van der Waals surface area contributed by atoms with Crippen LogP contribution < -0.4 is 16.1 Å². The van der Waals surface area contributed by atoms with E-state index in [1.165, 1.54) is 7.05 Å². The van der Waals surface area contributed by atoms with E-state index < -0.39 is 23.5 Å². The van der Waals surface area contributed by atoms with Gasteiger partial charge in [-0.25, -0.2) is 10.2 Å². The number of hydrogen-bond acceptors (Lipinski definition) is 5. The van der Waals surface area contributed by atoms with Crippen molar-refractivity contribution in [3.63, 3.8) is 0 Å². The summed E-state index contributed by atoms with van der Waals surface area (Å²) in [6.45, 7) is 1.89. The predicted octanol–water partition coefficient (Wildman–Crippen LogP) is 2.46. The molecule has 29 heavy (non-hydrogen) atoms. The van der Waals surface area contributed by atoms with Gasteiger partial charge in [0.2, 0.25) is 0 Å². The summed E-state index contributed by atoms with van der Waals surface area (Å²) in [6, 6.07) is 7.62. The van der Waals surface area contributed by atoms with E-state index in [9.17, 15) is 14.4 Å². The molecular formula is C20H25BrN4O4. The number of ether oxygens (including phenoxy) is 1. The molecule has 3 amide bonds. The molecule has 1 aromatic carbocycles. The fourth-order valence-corrected chi connectivity index (χ4v) is 4.56. The maximum atomic E-state index is 11.9. The molecule has 3 rings (SSSR count). The van der Waals surface area contributed by atoms with Gasteiger partial charge in [0, 0.05) is 23.1 Å². The lowest BCUT2D eigenvalue weighted by atomic mass is 9.73. The summed E-state index contributed by atoms with van der Waals surface area (Å²) in [5, 5.41) is 9.37. The van der Waals surface area contributed by atoms with Gasteiger partial charge in [-0.15, -0.1) is 0 Å². The molecule has 1 atom stereocenters. The summed E-state index contributed by atoms with van der Waals surface area (Å²) in [6.07, 6.45) is 3.19. The number of carbonyl (C=O) groups is 3. The Bertz CT molecular complexity index is 834. The molecule has 1 aliphatic carbocycles. The average Bonchev–Trinajstić information content (AvgIpc) is 2.70. The molecule has 0 saturated heterocycles. The fourth-order valence-electron chi connectivity index (χ4n) is 4.09. The van der Waals surface area contributed by atoms with Crippen molar-refractivity contribution in [1.29, 1.82) is 0 Å². The van der Waals surface area contributed by atoms with Crippen molar-refractivity contribution in [3.8, 4) is 0 Å². The summed E-state index contributed by atoms with van der Waals surface area (Å²) < 4.78 is 6.67. The number of halogens is 1. The Morgan fingerprint density at radius 1 is 1.31 bits per heavy atom. The molecule has 3 N–H and O–H groups in total. The Hall–Kier alpha value is -2.42. The number of hydrazone groups is 1. The smallest absolute Gasteiger partial charge is 0.428 e. The molecule has 1 saturated carbocycles. The van der Waals surface area contributed by atoms with Gasteiger partial charge in [-0.1, -0.05) is 34.1 Å². The lowest BCUT2D eigenvalue weighted by Gasteiger charge is -2.42. The van der Waals surface area contributed by atoms with Crippen molar-refractivity contribution in [2.45, 2.75) is 50.7 Å². The van der Waals surface area contributed by atoms with E-state index >= 15 is 0 Å². The first-order chi connectivity index (χ1) is 13.8. The minimum atomic E-state index is -0.753. The Morgan fingerprint density at radius 3 is 2.66 bits per heavy atom. The number of carbonyl (C=O) groups excluding carboxylic acids is 3. The maximum Gasteiger partial charge on any atom is 0.428 e. The Balaban J connectivity index is 1.67. The molecule has 1 heterocycles. The second kappa shape index (κ2) is 8.94. The van der Waals surface area contributed by atoms with E-state index in [0.717, 1.165) is 35.0 Å². The molecule has 2 aliphatic rings. The molecule has 1 aromatic rings. The van der Waals surface area contributed by atoms with Gasteiger partial charge in [-0.2, -0.15) is 5.10 Å². The molecule has 1 aliphatic heterocycles. The van der Waals surface area contributed by atoms with Crippen molar-refractivity contribution in [3.05, 3.63) is 34.3 Å². The highest BCUT2D eigenvalue weighted by molar-refractivity contribution is 9.10. The maximum absolute atomic E-state index is 11.9. The zero-order chi connectivity index (χ0) is 21.0. The second-order valence-electron chi connectivity index (χ2n) is 7.57. The monoisotopic (exact) mass is 464 g/mol. The van der Waals surface area contributed by atoms with Crippen molar-refractivity contribution in [2.75, 3.05) is 7.05 Å². The van der Waals surface area contributed by atoms with E-state index in [-0.39, 0.29) is 6.04 Å². The van der Waals surface area contributed by atoms with E-state index in [4.69, 9.17) is 4.74 Å². The zero-order valence-corrected chi connectivity index (χ0v) is 18.0. The third kappa shape index (κ3) is 4.77. The predicted molar refractivity (Wildman–Crippen MR) is 111 cm³/mol. The number of hydrogen-bond donors (Lipinski definition) is 3. The summed E-state index contributed by atoms with van der Waals surface area (Å²) >= 11 is 3.56. The first-order valence-electron chi connectivity index (χ1n) is 9.69. The van der Waals surface area contributed by atoms with Gasteiger partial charge in [0.05, 0.1) is 0 Å². The van der Waals surface area contributed by atoms with Crippen molar-refractivity contribution in [2.24, 2.45) is 11.0 Å². The third-order valence-electron chi connectivity index (χ3n) is 5.52. The second-order valence-corrected chi connectivity index (χ2v) is 8.42. The van der Waals surface area contributed by atoms with Gasteiger partial charge in [-0.3, -0.25) is 9.59 Å². The molecule has 8 nitrogen and oxygen atoms in total. The number of benzene rings is 1. The fraction of sp³-hybridized carbons (Fsp3) is 0.500. The quantitative estimate of drug-likeness (QED) is 0.594. The molecule has 0 unspecified atom stereocenters. The van der Waals surface area contributed by atoms with Gasteiger partial charge in [0.25, 0.3) is 0 Å². The van der Waals surface area contributed by atoms with E-state index in [1.54, 1.807) is 0 Å². The van der Waals surface area contributed by atoms with Gasteiger partial charge in [0.15, 0.2) is 5.60 Å². The van der Waals surface area contributed by atoms with Gasteiger partial charge in [0.1, 0.15) is 5.71 Å². The molecule has 0 radical (unpaired) electrons. The number of rotatable bonds is 4. The van der Waals surface area contributed by atoms with Crippen LogP contribution in [0.25, 0.3) is 0 Å². The normalized spacial score (nSPS) is 24.7. The van der Waals surface area contributed by atoms with Crippen LogP contribution in [0.3, 0.4) is 0 Å². The molecule has 1 spiro atoms. The van der Waals surface area contributed by atoms with Gasteiger partial charge < -0.3 is 15.4 Å². The summed E-state index contributed by atoms with van der Waals surface area (Å²) in [5.74, 6) is -0.909. The lowest BCUT2D eigenvalue weighted by Crippen LogP contribution is -2.52. The van der Waals surface area contributed by atoms with Crippen LogP contribution in [0, 0.1) is 5.92 Å². The van der Waals surface area contributed by atoms with E-state index in [0.29, 0.717) is 18.8 Å². The highest BCUT2D eigenvalue weighted by atomic mass is 79.9. The van der Waals surface area contributed by atoms with Crippen LogP contribution in [0.4, 0.5) is 4.79 Å². The lowest BCUT2D eigenvalue weighted by molar-refractivity contribution is -0.139. The summed E-state index contributed by atoms with van der Waals surface area (Å²) in [4.78, 5) is 35.0. The molecule has 156 valence electrons. The van der Waals surface area contributed by atoms with E-state index in [2.05, 4.69) is 37.1 Å². The first-order valence-corrected chi connectivity index (χ1v) is 10.5. The summed E-state index contributed by atoms with van der Waals surface area (Å²) in [7, 11) is 1.43. The Morgan fingerprint density at radius 2 is 2.00 bits per heavy atom. The molecular weight excluding hydrogens is 440 g/mol. The van der Waals surface area contributed by atoms with Crippen LogP contribution >= 0.6 is 15.9 Å². The van der Waals surface area contributed by atoms with Crippen LogP contribution in [0.1, 0.15) is 44.6 Å². The number of likely N-dealkylation sites (N-methyl/N-ethyl adjacent to an activating group) is 1. The number of amides is 3. The van der Waals surface area contributed by atoms with Crippen LogP contribution in [0.2, 0.25) is 0 Å².